The number of primary amides is 1. The topological polar surface area (TPSA) is 72.6 Å². The lowest BCUT2D eigenvalue weighted by atomic mass is 10.2. The normalized spacial score (nSPS) is 10.4. The highest BCUT2D eigenvalue weighted by atomic mass is 19.1. The van der Waals surface area contributed by atoms with Crippen LogP contribution in [0.15, 0.2) is 48.5 Å². The predicted octanol–water partition coefficient (Wildman–Crippen LogP) is 3.20. The van der Waals surface area contributed by atoms with Crippen molar-refractivity contribution < 1.29 is 18.7 Å². The van der Waals surface area contributed by atoms with E-state index in [1.807, 2.05) is 31.2 Å². The Kier molecular flexibility index (Phi) is 7.14. The van der Waals surface area contributed by atoms with Gasteiger partial charge in [0.25, 0.3) is 0 Å². The zero-order valence-electron chi connectivity index (χ0n) is 14.8. The summed E-state index contributed by atoms with van der Waals surface area (Å²) >= 11 is 0. The first-order valence-corrected chi connectivity index (χ1v) is 8.50. The number of rotatable bonds is 9. The van der Waals surface area contributed by atoms with Gasteiger partial charge in [-0.3, -0.25) is 9.59 Å². The number of nitrogens with zero attached hydrogens (tertiary/aromatic N) is 1. The molecule has 0 atom stereocenters. The van der Waals surface area contributed by atoms with Gasteiger partial charge in [-0.05, 0) is 49.2 Å². The molecule has 0 radical (unpaired) electrons. The van der Waals surface area contributed by atoms with E-state index in [1.165, 1.54) is 29.2 Å². The van der Waals surface area contributed by atoms with Gasteiger partial charge in [0.05, 0.1) is 6.61 Å². The molecular weight excluding hydrogens is 335 g/mol. The summed E-state index contributed by atoms with van der Waals surface area (Å²) in [5, 5.41) is 0. The van der Waals surface area contributed by atoms with Gasteiger partial charge in [-0.25, -0.2) is 4.39 Å². The number of benzene rings is 2. The van der Waals surface area contributed by atoms with Crippen molar-refractivity contribution in [1.82, 2.24) is 0 Å². The molecule has 2 aromatic rings. The van der Waals surface area contributed by atoms with Crippen LogP contribution in [-0.4, -0.2) is 25.0 Å². The average molecular weight is 358 g/mol. The lowest BCUT2D eigenvalue weighted by Crippen LogP contribution is -2.34. The van der Waals surface area contributed by atoms with Gasteiger partial charge in [-0.1, -0.05) is 18.2 Å². The maximum absolute atomic E-state index is 13.1. The predicted molar refractivity (Wildman–Crippen MR) is 98.5 cm³/mol. The van der Waals surface area contributed by atoms with Crippen LogP contribution < -0.4 is 15.4 Å². The van der Waals surface area contributed by atoms with E-state index in [0.717, 1.165) is 11.3 Å². The summed E-state index contributed by atoms with van der Waals surface area (Å²) < 4.78 is 18.8. The highest BCUT2D eigenvalue weighted by Crippen LogP contribution is 2.18. The van der Waals surface area contributed by atoms with Crippen molar-refractivity contribution in [1.29, 1.82) is 0 Å². The van der Waals surface area contributed by atoms with Gasteiger partial charge in [-0.15, -0.1) is 0 Å². The Hall–Kier alpha value is -2.89. The molecule has 0 bridgehead atoms. The summed E-state index contributed by atoms with van der Waals surface area (Å²) in [7, 11) is 0. The largest absolute Gasteiger partial charge is 0.493 e. The van der Waals surface area contributed by atoms with Crippen molar-refractivity contribution in [3.63, 3.8) is 0 Å². The molecule has 0 fully saturated rings. The van der Waals surface area contributed by atoms with Gasteiger partial charge >= 0.3 is 0 Å². The standard InChI is InChI=1S/C20H23FN2O3/c1-15-5-2-3-6-18(15)26-14-4-7-20(25)23(13-12-19(22)24)17-10-8-16(21)9-11-17/h2-3,5-6,8-11H,4,7,12-14H2,1H3,(H2,22,24). The number of halogens is 1. The van der Waals surface area contributed by atoms with Gasteiger partial charge in [-0.2, -0.15) is 0 Å². The molecule has 0 aliphatic heterocycles. The average Bonchev–Trinajstić information content (AvgIpc) is 2.61. The van der Waals surface area contributed by atoms with Gasteiger partial charge in [0, 0.05) is 25.1 Å². The van der Waals surface area contributed by atoms with E-state index in [9.17, 15) is 14.0 Å². The zero-order valence-corrected chi connectivity index (χ0v) is 14.8. The molecule has 6 heteroatoms. The van der Waals surface area contributed by atoms with Crippen LogP contribution in [0.5, 0.6) is 5.75 Å². The summed E-state index contributed by atoms with van der Waals surface area (Å²) in [4.78, 5) is 25.1. The van der Waals surface area contributed by atoms with Gasteiger partial charge < -0.3 is 15.4 Å². The van der Waals surface area contributed by atoms with E-state index in [4.69, 9.17) is 10.5 Å². The van der Waals surface area contributed by atoms with Gasteiger partial charge in [0.2, 0.25) is 11.8 Å². The van der Waals surface area contributed by atoms with Crippen molar-refractivity contribution in [2.75, 3.05) is 18.1 Å². The first kappa shape index (κ1) is 19.4. The minimum absolute atomic E-state index is 0.0445. The van der Waals surface area contributed by atoms with Crippen molar-refractivity contribution in [2.24, 2.45) is 5.73 Å². The summed E-state index contributed by atoms with van der Waals surface area (Å²) in [6.07, 6.45) is 0.826. The molecule has 26 heavy (non-hydrogen) atoms. The van der Waals surface area contributed by atoms with E-state index in [1.54, 1.807) is 0 Å². The number of aryl methyl sites for hydroxylation is 1. The second-order valence-corrected chi connectivity index (χ2v) is 5.96. The summed E-state index contributed by atoms with van der Waals surface area (Å²) in [6, 6.07) is 13.3. The monoisotopic (exact) mass is 358 g/mol. The molecule has 2 amide bonds. The lowest BCUT2D eigenvalue weighted by Gasteiger charge is -2.22. The number of hydrogen-bond acceptors (Lipinski definition) is 3. The quantitative estimate of drug-likeness (QED) is 0.700. The SMILES string of the molecule is Cc1ccccc1OCCCC(=O)N(CCC(N)=O)c1ccc(F)cc1. The first-order chi connectivity index (χ1) is 12.5. The Morgan fingerprint density at radius 2 is 1.77 bits per heavy atom. The van der Waals surface area contributed by atoms with Crippen molar-refractivity contribution >= 4 is 17.5 Å². The fourth-order valence-corrected chi connectivity index (χ4v) is 2.50. The van der Waals surface area contributed by atoms with Crippen LogP contribution in [-0.2, 0) is 9.59 Å². The van der Waals surface area contributed by atoms with Crippen LogP contribution in [0.4, 0.5) is 10.1 Å². The van der Waals surface area contributed by atoms with Crippen LogP contribution in [0.25, 0.3) is 0 Å². The molecular formula is C20H23FN2O3. The molecule has 0 aliphatic rings. The highest BCUT2D eigenvalue weighted by Gasteiger charge is 2.16. The van der Waals surface area contributed by atoms with Crippen molar-refractivity contribution in [3.8, 4) is 5.75 Å². The fourth-order valence-electron chi connectivity index (χ4n) is 2.50. The number of para-hydroxylation sites is 1. The third-order valence-electron chi connectivity index (χ3n) is 3.91. The summed E-state index contributed by atoms with van der Waals surface area (Å²) in [6.45, 7) is 2.53. The van der Waals surface area contributed by atoms with E-state index in [-0.39, 0.29) is 31.1 Å². The number of carbonyl (C=O) groups is 2. The Morgan fingerprint density at radius 3 is 2.42 bits per heavy atom. The molecule has 0 heterocycles. The van der Waals surface area contributed by atoms with Crippen LogP contribution in [0.2, 0.25) is 0 Å². The smallest absolute Gasteiger partial charge is 0.227 e. The van der Waals surface area contributed by atoms with Crippen molar-refractivity contribution in [3.05, 3.63) is 59.9 Å². The number of ether oxygens (including phenoxy) is 1. The molecule has 2 rings (SSSR count). The molecule has 2 N–H and O–H groups in total. The van der Waals surface area contributed by atoms with Crippen molar-refractivity contribution in [2.45, 2.75) is 26.2 Å². The Bertz CT molecular complexity index is 747. The minimum Gasteiger partial charge on any atom is -0.493 e. The number of hydrogen-bond donors (Lipinski definition) is 1. The number of amides is 2. The lowest BCUT2D eigenvalue weighted by molar-refractivity contribution is -0.119. The third-order valence-corrected chi connectivity index (χ3v) is 3.91. The van der Waals surface area contributed by atoms with Crippen LogP contribution in [0.1, 0.15) is 24.8 Å². The van der Waals surface area contributed by atoms with E-state index < -0.39 is 5.91 Å². The molecule has 138 valence electrons. The number of anilines is 1. The first-order valence-electron chi connectivity index (χ1n) is 8.50. The van der Waals surface area contributed by atoms with Crippen LogP contribution in [0, 0.1) is 12.7 Å². The minimum atomic E-state index is -0.493. The summed E-state index contributed by atoms with van der Waals surface area (Å²) in [5.74, 6) is -0.245. The molecule has 0 unspecified atom stereocenters. The fraction of sp³-hybridized carbons (Fsp3) is 0.300. The molecule has 5 nitrogen and oxygen atoms in total. The third kappa shape index (κ3) is 5.88. The highest BCUT2D eigenvalue weighted by molar-refractivity contribution is 5.94. The van der Waals surface area contributed by atoms with Crippen LogP contribution >= 0.6 is 0 Å². The second kappa shape index (κ2) is 9.56. The van der Waals surface area contributed by atoms with Gasteiger partial charge in [0.15, 0.2) is 0 Å². The number of nitrogens with two attached hydrogens (primary N) is 1. The second-order valence-electron chi connectivity index (χ2n) is 5.96. The Labute approximate surface area is 152 Å². The Morgan fingerprint density at radius 1 is 1.08 bits per heavy atom. The van der Waals surface area contributed by atoms with Crippen LogP contribution in [0.3, 0.4) is 0 Å². The molecule has 2 aromatic carbocycles. The van der Waals surface area contributed by atoms with E-state index >= 15 is 0 Å². The molecule has 0 saturated heterocycles. The van der Waals surface area contributed by atoms with E-state index in [0.29, 0.717) is 18.7 Å². The molecule has 0 spiro atoms. The van der Waals surface area contributed by atoms with E-state index in [2.05, 4.69) is 0 Å². The molecule has 0 saturated carbocycles. The maximum Gasteiger partial charge on any atom is 0.227 e. The summed E-state index contributed by atoms with van der Waals surface area (Å²) in [5.41, 5.74) is 6.76. The number of carbonyl (C=O) groups excluding carboxylic acids is 2. The molecule has 0 aliphatic carbocycles. The molecule has 0 aromatic heterocycles. The zero-order chi connectivity index (χ0) is 18.9. The maximum atomic E-state index is 13.1. The Balaban J connectivity index is 1.92. The van der Waals surface area contributed by atoms with Gasteiger partial charge in [0.1, 0.15) is 11.6 Å².